The molecule has 2 rings (SSSR count). The van der Waals surface area contributed by atoms with Gasteiger partial charge in [-0.1, -0.05) is 29.8 Å². The molecule has 116 valence electrons. The molecule has 0 bridgehead atoms. The van der Waals surface area contributed by atoms with Gasteiger partial charge >= 0.3 is 0 Å². The molecule has 22 heavy (non-hydrogen) atoms. The molecule has 1 heterocycles. The molecule has 0 fully saturated rings. The van der Waals surface area contributed by atoms with E-state index in [2.05, 4.69) is 20.3 Å². The van der Waals surface area contributed by atoms with Crippen LogP contribution in [-0.2, 0) is 13.1 Å². The number of guanidine groups is 1. The lowest BCUT2D eigenvalue weighted by atomic mass is 10.2. The third-order valence-electron chi connectivity index (χ3n) is 3.20. The van der Waals surface area contributed by atoms with Gasteiger partial charge < -0.3 is 10.2 Å². The molecule has 1 aromatic heterocycles. The highest BCUT2D eigenvalue weighted by Crippen LogP contribution is 2.16. The number of benzene rings is 1. The van der Waals surface area contributed by atoms with Crippen LogP contribution in [0.4, 0.5) is 0 Å². The van der Waals surface area contributed by atoms with Crippen molar-refractivity contribution in [3.63, 3.8) is 0 Å². The van der Waals surface area contributed by atoms with Crippen molar-refractivity contribution in [1.82, 2.24) is 20.2 Å². The number of aryl methyl sites for hydroxylation is 1. The number of hydrogen-bond donors (Lipinski definition) is 1. The molecule has 5 nitrogen and oxygen atoms in total. The molecule has 1 N–H and O–H groups in total. The summed E-state index contributed by atoms with van der Waals surface area (Å²) in [5.74, 6) is 1.55. The van der Waals surface area contributed by atoms with Gasteiger partial charge in [0.05, 0.1) is 12.2 Å². The Morgan fingerprint density at radius 2 is 2.09 bits per heavy atom. The summed E-state index contributed by atoms with van der Waals surface area (Å²) in [5, 5.41) is 4.06. The molecule has 0 radical (unpaired) electrons. The van der Waals surface area contributed by atoms with E-state index >= 15 is 0 Å². The van der Waals surface area contributed by atoms with Crippen LogP contribution in [0.3, 0.4) is 0 Å². The van der Waals surface area contributed by atoms with E-state index in [4.69, 9.17) is 11.6 Å². The van der Waals surface area contributed by atoms with Crippen LogP contribution in [0.5, 0.6) is 0 Å². The van der Waals surface area contributed by atoms with Crippen LogP contribution >= 0.6 is 11.6 Å². The standard InChI is InChI=1S/C16H20ClN5/c1-12-19-9-8-14(21-12)10-20-16(18-2)22(3)11-13-6-4-5-7-15(13)17/h4-9H,10-11H2,1-3H3,(H,18,20). The maximum Gasteiger partial charge on any atom is 0.194 e. The third kappa shape index (κ3) is 4.43. The Balaban J connectivity index is 1.98. The second kappa shape index (κ2) is 7.75. The fourth-order valence-corrected chi connectivity index (χ4v) is 2.31. The van der Waals surface area contributed by atoms with Gasteiger partial charge in [0.15, 0.2) is 5.96 Å². The lowest BCUT2D eigenvalue weighted by molar-refractivity contribution is 0.476. The number of aromatic nitrogens is 2. The van der Waals surface area contributed by atoms with Gasteiger partial charge in [-0.05, 0) is 24.6 Å². The van der Waals surface area contributed by atoms with Gasteiger partial charge in [0.25, 0.3) is 0 Å². The molecular formula is C16H20ClN5. The monoisotopic (exact) mass is 317 g/mol. The van der Waals surface area contributed by atoms with E-state index in [1.165, 1.54) is 0 Å². The first-order valence-electron chi connectivity index (χ1n) is 7.04. The first-order chi connectivity index (χ1) is 10.6. The average molecular weight is 318 g/mol. The summed E-state index contributed by atoms with van der Waals surface area (Å²) in [7, 11) is 3.74. The second-order valence-electron chi connectivity index (χ2n) is 4.94. The lowest BCUT2D eigenvalue weighted by Gasteiger charge is -2.22. The van der Waals surface area contributed by atoms with Crippen molar-refractivity contribution < 1.29 is 0 Å². The minimum atomic E-state index is 0.600. The average Bonchev–Trinajstić information content (AvgIpc) is 2.50. The summed E-state index contributed by atoms with van der Waals surface area (Å²) in [4.78, 5) is 14.8. The van der Waals surface area contributed by atoms with Gasteiger partial charge in [0.1, 0.15) is 5.82 Å². The molecule has 6 heteroatoms. The Kier molecular flexibility index (Phi) is 5.72. The van der Waals surface area contributed by atoms with Gasteiger partial charge in [-0.3, -0.25) is 4.99 Å². The van der Waals surface area contributed by atoms with Crippen LogP contribution in [0, 0.1) is 6.92 Å². The summed E-state index contributed by atoms with van der Waals surface area (Å²) in [6, 6.07) is 9.71. The van der Waals surface area contributed by atoms with Gasteiger partial charge in [0.2, 0.25) is 0 Å². The van der Waals surface area contributed by atoms with Crippen molar-refractivity contribution in [1.29, 1.82) is 0 Å². The maximum absolute atomic E-state index is 6.20. The Morgan fingerprint density at radius 1 is 1.32 bits per heavy atom. The highest BCUT2D eigenvalue weighted by atomic mass is 35.5. The van der Waals surface area contributed by atoms with E-state index in [1.54, 1.807) is 13.2 Å². The number of nitrogens with one attached hydrogen (secondary N) is 1. The zero-order valence-corrected chi connectivity index (χ0v) is 13.8. The van der Waals surface area contributed by atoms with Crippen LogP contribution in [0.25, 0.3) is 0 Å². The van der Waals surface area contributed by atoms with E-state index in [9.17, 15) is 0 Å². The van der Waals surface area contributed by atoms with Crippen molar-refractivity contribution >= 4 is 17.6 Å². The van der Waals surface area contributed by atoms with Gasteiger partial charge in [-0.2, -0.15) is 0 Å². The summed E-state index contributed by atoms with van der Waals surface area (Å²) in [5.41, 5.74) is 1.99. The molecule has 0 spiro atoms. The van der Waals surface area contributed by atoms with Crippen molar-refractivity contribution in [2.75, 3.05) is 14.1 Å². The van der Waals surface area contributed by atoms with E-state index in [0.717, 1.165) is 28.1 Å². The highest BCUT2D eigenvalue weighted by molar-refractivity contribution is 6.31. The molecule has 2 aromatic rings. The van der Waals surface area contributed by atoms with Gasteiger partial charge in [-0.15, -0.1) is 0 Å². The fourth-order valence-electron chi connectivity index (χ4n) is 2.11. The molecule has 0 aliphatic carbocycles. The number of rotatable bonds is 4. The number of nitrogens with zero attached hydrogens (tertiary/aromatic N) is 4. The van der Waals surface area contributed by atoms with Crippen molar-refractivity contribution in [2.45, 2.75) is 20.0 Å². The third-order valence-corrected chi connectivity index (χ3v) is 3.57. The van der Waals surface area contributed by atoms with Gasteiger partial charge in [0, 0.05) is 31.9 Å². The molecule has 0 atom stereocenters. The number of aliphatic imine (C=N–C) groups is 1. The topological polar surface area (TPSA) is 53.4 Å². The molecule has 0 unspecified atom stereocenters. The molecule has 0 saturated heterocycles. The molecule has 0 saturated carbocycles. The first kappa shape index (κ1) is 16.2. The quantitative estimate of drug-likeness (QED) is 0.696. The first-order valence-corrected chi connectivity index (χ1v) is 7.41. The van der Waals surface area contributed by atoms with Crippen LogP contribution in [0.15, 0.2) is 41.5 Å². The van der Waals surface area contributed by atoms with Crippen LogP contribution in [0.2, 0.25) is 5.02 Å². The normalized spacial score (nSPS) is 11.4. The van der Waals surface area contributed by atoms with Crippen LogP contribution in [-0.4, -0.2) is 34.9 Å². The molecule has 0 aliphatic rings. The number of hydrogen-bond acceptors (Lipinski definition) is 3. The minimum Gasteiger partial charge on any atom is -0.351 e. The van der Waals surface area contributed by atoms with E-state index in [0.29, 0.717) is 13.1 Å². The summed E-state index contributed by atoms with van der Waals surface area (Å²) in [6.07, 6.45) is 1.76. The van der Waals surface area contributed by atoms with Gasteiger partial charge in [-0.25, -0.2) is 9.97 Å². The fraction of sp³-hybridized carbons (Fsp3) is 0.312. The largest absolute Gasteiger partial charge is 0.351 e. The summed E-state index contributed by atoms with van der Waals surface area (Å²) < 4.78 is 0. The zero-order chi connectivity index (χ0) is 15.9. The predicted octanol–water partition coefficient (Wildman–Crippen LogP) is 2.65. The van der Waals surface area contributed by atoms with Crippen LogP contribution < -0.4 is 5.32 Å². The SMILES string of the molecule is CN=C(NCc1ccnc(C)n1)N(C)Cc1ccccc1Cl. The predicted molar refractivity (Wildman–Crippen MR) is 89.9 cm³/mol. The van der Waals surface area contributed by atoms with E-state index in [1.807, 2.05) is 49.2 Å². The van der Waals surface area contributed by atoms with E-state index in [-0.39, 0.29) is 0 Å². The maximum atomic E-state index is 6.20. The Hall–Kier alpha value is -2.14. The second-order valence-corrected chi connectivity index (χ2v) is 5.35. The van der Waals surface area contributed by atoms with Crippen molar-refractivity contribution in [3.8, 4) is 0 Å². The molecule has 0 amide bonds. The molecule has 0 aliphatic heterocycles. The Bertz CT molecular complexity index is 656. The Morgan fingerprint density at radius 3 is 2.77 bits per heavy atom. The summed E-state index contributed by atoms with van der Waals surface area (Å²) >= 11 is 6.20. The molecular weight excluding hydrogens is 298 g/mol. The van der Waals surface area contributed by atoms with Crippen molar-refractivity contribution in [3.05, 3.63) is 58.6 Å². The lowest BCUT2D eigenvalue weighted by Crippen LogP contribution is -2.38. The highest BCUT2D eigenvalue weighted by Gasteiger charge is 2.09. The zero-order valence-electron chi connectivity index (χ0n) is 13.0. The molecule has 1 aromatic carbocycles. The number of halogens is 1. The smallest absolute Gasteiger partial charge is 0.194 e. The van der Waals surface area contributed by atoms with E-state index < -0.39 is 0 Å². The van der Waals surface area contributed by atoms with Crippen molar-refractivity contribution in [2.24, 2.45) is 4.99 Å². The summed E-state index contributed by atoms with van der Waals surface area (Å²) in [6.45, 7) is 3.16. The minimum absolute atomic E-state index is 0.600. The van der Waals surface area contributed by atoms with Crippen LogP contribution in [0.1, 0.15) is 17.1 Å². The Labute approximate surface area is 136 Å².